The van der Waals surface area contributed by atoms with Crippen LogP contribution >= 0.6 is 0 Å². The number of rotatable bonds is 2. The lowest BCUT2D eigenvalue weighted by molar-refractivity contribution is 0.101. The molecule has 0 aliphatic rings. The Morgan fingerprint density at radius 1 is 1.62 bits per heavy atom. The van der Waals surface area contributed by atoms with Crippen molar-refractivity contribution in [1.29, 1.82) is 5.26 Å². The lowest BCUT2D eigenvalue weighted by Gasteiger charge is -1.99. The van der Waals surface area contributed by atoms with Crippen LogP contribution in [0.2, 0.25) is 0 Å². The van der Waals surface area contributed by atoms with Crippen LogP contribution in [0.4, 0.5) is 0 Å². The van der Waals surface area contributed by atoms with Crippen LogP contribution in [-0.2, 0) is 0 Å². The number of Topliss-reactive ketones (excluding diaryl/α,β-unsaturated/α-hetero) is 1. The van der Waals surface area contributed by atoms with Gasteiger partial charge in [-0.2, -0.15) is 5.26 Å². The first-order valence-corrected chi connectivity index (χ1v) is 3.86. The van der Waals surface area contributed by atoms with Crippen molar-refractivity contribution in [2.24, 2.45) is 0 Å². The summed E-state index contributed by atoms with van der Waals surface area (Å²) in [5.74, 6) is -0.00686. The average Bonchev–Trinajstić information content (AvgIpc) is 2.16. The Labute approximate surface area is 77.1 Å². The van der Waals surface area contributed by atoms with Gasteiger partial charge in [-0.1, -0.05) is 18.7 Å². The summed E-state index contributed by atoms with van der Waals surface area (Å²) >= 11 is 0. The number of nitrogens with zero attached hydrogens (tertiary/aromatic N) is 1. The summed E-state index contributed by atoms with van der Waals surface area (Å²) in [6, 6.07) is 6.98. The lowest BCUT2D eigenvalue weighted by Crippen LogP contribution is -1.93. The van der Waals surface area contributed by atoms with Crippen molar-refractivity contribution >= 4 is 11.9 Å². The minimum absolute atomic E-state index is 0.00686. The Balaban J connectivity index is 3.30. The van der Waals surface area contributed by atoms with E-state index >= 15 is 0 Å². The molecule has 0 fully saturated rings. The van der Waals surface area contributed by atoms with Crippen LogP contribution < -0.4 is 0 Å². The number of hydrogen-bond acceptors (Lipinski definition) is 2. The molecule has 1 rings (SSSR count). The molecule has 0 aliphatic carbocycles. The molecule has 0 unspecified atom stereocenters. The molecule has 0 aromatic heterocycles. The fourth-order valence-corrected chi connectivity index (χ4v) is 1.05. The topological polar surface area (TPSA) is 40.9 Å². The Morgan fingerprint density at radius 2 is 2.31 bits per heavy atom. The van der Waals surface area contributed by atoms with Gasteiger partial charge in [0, 0.05) is 5.56 Å². The van der Waals surface area contributed by atoms with Gasteiger partial charge in [-0.3, -0.25) is 4.79 Å². The number of carbonyl (C=O) groups is 1. The Morgan fingerprint density at radius 3 is 2.77 bits per heavy atom. The first-order chi connectivity index (χ1) is 6.19. The van der Waals surface area contributed by atoms with Gasteiger partial charge >= 0.3 is 0 Å². The fourth-order valence-electron chi connectivity index (χ4n) is 1.05. The zero-order chi connectivity index (χ0) is 9.84. The van der Waals surface area contributed by atoms with E-state index in [9.17, 15) is 4.79 Å². The van der Waals surface area contributed by atoms with E-state index in [0.717, 1.165) is 0 Å². The molecule has 0 N–H and O–H groups in total. The second-order valence-electron chi connectivity index (χ2n) is 2.67. The van der Waals surface area contributed by atoms with Crippen molar-refractivity contribution in [3.8, 4) is 6.07 Å². The van der Waals surface area contributed by atoms with Gasteiger partial charge in [0.2, 0.25) is 0 Å². The number of ketones is 1. The van der Waals surface area contributed by atoms with Gasteiger partial charge < -0.3 is 0 Å². The molecular formula is C11H9NO. The van der Waals surface area contributed by atoms with Crippen LogP contribution in [0.15, 0.2) is 24.8 Å². The maximum absolute atomic E-state index is 11.0. The molecule has 1 aromatic carbocycles. The summed E-state index contributed by atoms with van der Waals surface area (Å²) in [6.07, 6.45) is 1.57. The molecule has 0 aliphatic heterocycles. The van der Waals surface area contributed by atoms with Crippen LogP contribution in [0, 0.1) is 11.3 Å². The molecule has 0 saturated heterocycles. The molecule has 2 heteroatoms. The number of hydrogen-bond donors (Lipinski definition) is 0. The average molecular weight is 171 g/mol. The monoisotopic (exact) mass is 171 g/mol. The van der Waals surface area contributed by atoms with Crippen LogP contribution in [0.25, 0.3) is 6.08 Å². The summed E-state index contributed by atoms with van der Waals surface area (Å²) in [6.45, 7) is 5.07. The molecule has 0 radical (unpaired) electrons. The maximum atomic E-state index is 11.0. The van der Waals surface area contributed by atoms with Crippen molar-refractivity contribution in [2.75, 3.05) is 0 Å². The number of benzene rings is 1. The summed E-state index contributed by atoms with van der Waals surface area (Å²) in [5, 5.41) is 8.70. The van der Waals surface area contributed by atoms with Crippen LogP contribution in [0.3, 0.4) is 0 Å². The molecule has 13 heavy (non-hydrogen) atoms. The zero-order valence-electron chi connectivity index (χ0n) is 7.37. The van der Waals surface area contributed by atoms with Gasteiger partial charge in [0.05, 0.1) is 11.6 Å². The molecule has 0 bridgehead atoms. The lowest BCUT2D eigenvalue weighted by atomic mass is 10.0. The fraction of sp³-hybridized carbons (Fsp3) is 0.0909. The maximum Gasteiger partial charge on any atom is 0.159 e. The van der Waals surface area contributed by atoms with E-state index in [1.54, 1.807) is 24.3 Å². The van der Waals surface area contributed by atoms with Crippen molar-refractivity contribution in [2.45, 2.75) is 6.92 Å². The Bertz CT molecular complexity index is 399. The standard InChI is InChI=1S/C11H9NO/c1-3-9-6-10(8(2)13)4-5-11(9)7-12/h3-6H,1H2,2H3. The van der Waals surface area contributed by atoms with Gasteiger partial charge in [-0.25, -0.2) is 0 Å². The van der Waals surface area contributed by atoms with Gasteiger partial charge in [-0.15, -0.1) is 0 Å². The highest BCUT2D eigenvalue weighted by atomic mass is 16.1. The highest BCUT2D eigenvalue weighted by molar-refractivity contribution is 5.94. The van der Waals surface area contributed by atoms with E-state index in [0.29, 0.717) is 16.7 Å². The molecule has 0 amide bonds. The third kappa shape index (κ3) is 1.83. The second kappa shape index (κ2) is 3.68. The summed E-state index contributed by atoms with van der Waals surface area (Å²) in [4.78, 5) is 11.0. The quantitative estimate of drug-likeness (QED) is 0.641. The second-order valence-corrected chi connectivity index (χ2v) is 2.67. The Hall–Kier alpha value is -1.88. The highest BCUT2D eigenvalue weighted by Gasteiger charge is 2.03. The van der Waals surface area contributed by atoms with Crippen molar-refractivity contribution < 1.29 is 4.79 Å². The molecule has 0 saturated carbocycles. The first kappa shape index (κ1) is 9.21. The predicted molar refractivity (Wildman–Crippen MR) is 51.3 cm³/mol. The molecule has 0 heterocycles. The molecular weight excluding hydrogens is 162 g/mol. The molecule has 0 spiro atoms. The van der Waals surface area contributed by atoms with E-state index < -0.39 is 0 Å². The largest absolute Gasteiger partial charge is 0.295 e. The Kier molecular flexibility index (Phi) is 2.61. The SMILES string of the molecule is C=Cc1cc(C(C)=O)ccc1C#N. The first-order valence-electron chi connectivity index (χ1n) is 3.86. The van der Waals surface area contributed by atoms with E-state index in [1.165, 1.54) is 6.92 Å². The van der Waals surface area contributed by atoms with Gasteiger partial charge in [0.15, 0.2) is 5.78 Å². The number of nitriles is 1. The normalized spacial score (nSPS) is 8.92. The summed E-state index contributed by atoms with van der Waals surface area (Å²) in [5.41, 5.74) is 1.85. The molecule has 64 valence electrons. The number of carbonyl (C=O) groups excluding carboxylic acids is 1. The van der Waals surface area contributed by atoms with Crippen LogP contribution in [-0.4, -0.2) is 5.78 Å². The molecule has 2 nitrogen and oxygen atoms in total. The predicted octanol–water partition coefficient (Wildman–Crippen LogP) is 2.40. The zero-order valence-corrected chi connectivity index (χ0v) is 7.37. The van der Waals surface area contributed by atoms with E-state index in [-0.39, 0.29) is 5.78 Å². The minimum Gasteiger partial charge on any atom is -0.295 e. The van der Waals surface area contributed by atoms with Crippen LogP contribution in [0.5, 0.6) is 0 Å². The van der Waals surface area contributed by atoms with Crippen molar-refractivity contribution in [3.63, 3.8) is 0 Å². The summed E-state index contributed by atoms with van der Waals surface area (Å²) in [7, 11) is 0. The minimum atomic E-state index is -0.00686. The molecule has 1 aromatic rings. The summed E-state index contributed by atoms with van der Waals surface area (Å²) < 4.78 is 0. The third-order valence-electron chi connectivity index (χ3n) is 1.80. The van der Waals surface area contributed by atoms with E-state index in [4.69, 9.17) is 5.26 Å². The van der Waals surface area contributed by atoms with Crippen molar-refractivity contribution in [1.82, 2.24) is 0 Å². The third-order valence-corrected chi connectivity index (χ3v) is 1.80. The molecule has 0 atom stereocenters. The highest BCUT2D eigenvalue weighted by Crippen LogP contribution is 2.12. The smallest absolute Gasteiger partial charge is 0.159 e. The van der Waals surface area contributed by atoms with Gasteiger partial charge in [-0.05, 0) is 24.6 Å². The van der Waals surface area contributed by atoms with E-state index in [1.807, 2.05) is 6.07 Å². The van der Waals surface area contributed by atoms with Gasteiger partial charge in [0.1, 0.15) is 0 Å². The van der Waals surface area contributed by atoms with Crippen LogP contribution in [0.1, 0.15) is 28.4 Å². The van der Waals surface area contributed by atoms with Crippen molar-refractivity contribution in [3.05, 3.63) is 41.5 Å². The van der Waals surface area contributed by atoms with E-state index in [2.05, 4.69) is 6.58 Å². The van der Waals surface area contributed by atoms with Gasteiger partial charge in [0.25, 0.3) is 0 Å².